The Hall–Kier alpha value is -3.10. The van der Waals surface area contributed by atoms with E-state index in [2.05, 4.69) is 23.7 Å². The van der Waals surface area contributed by atoms with Crippen LogP contribution in [0.5, 0.6) is 0 Å². The van der Waals surface area contributed by atoms with E-state index in [0.717, 1.165) is 29.0 Å². The number of nitrogens with one attached hydrogen (secondary N) is 1. The molecule has 182 valence electrons. The minimum absolute atomic E-state index is 0.122. The second-order valence-electron chi connectivity index (χ2n) is 9.19. The first-order valence-corrected chi connectivity index (χ1v) is 12.6. The number of halogens is 2. The third-order valence-corrected chi connectivity index (χ3v) is 7.75. The number of amides is 1. The zero-order chi connectivity index (χ0) is 24.5. The number of carbonyl (C=O) groups is 1. The van der Waals surface area contributed by atoms with Crippen LogP contribution in [0.15, 0.2) is 47.9 Å². The average Bonchev–Trinajstić information content (AvgIpc) is 3.52. The Labute approximate surface area is 207 Å². The Balaban J connectivity index is 1.21. The molecular formula is C27H27F2N3O2S. The number of hydrogen-bond acceptors (Lipinski definition) is 5. The Morgan fingerprint density at radius 2 is 1.91 bits per heavy atom. The monoisotopic (exact) mass is 495 g/mol. The van der Waals surface area contributed by atoms with Crippen molar-refractivity contribution in [1.29, 1.82) is 0 Å². The summed E-state index contributed by atoms with van der Waals surface area (Å²) in [4.78, 5) is 25.0. The maximum Gasteiger partial charge on any atom is 0.227 e. The summed E-state index contributed by atoms with van der Waals surface area (Å²) >= 11 is 1.56. The van der Waals surface area contributed by atoms with Gasteiger partial charge in [-0.15, -0.1) is 11.3 Å². The lowest BCUT2D eigenvalue weighted by molar-refractivity contribution is -0.131. The van der Waals surface area contributed by atoms with Gasteiger partial charge in [-0.25, -0.2) is 13.8 Å². The van der Waals surface area contributed by atoms with E-state index >= 15 is 0 Å². The fraction of sp³-hybridized carbons (Fsp3) is 0.333. The number of likely N-dealkylation sites (tertiary alicyclic amines) is 1. The normalized spacial score (nSPS) is 18.5. The molecule has 8 heteroatoms. The molecule has 1 atom stereocenters. The molecule has 0 bridgehead atoms. The number of hydrogen-bond donors (Lipinski definition) is 1. The highest BCUT2D eigenvalue weighted by atomic mass is 32.1. The molecule has 1 amide bonds. The van der Waals surface area contributed by atoms with Gasteiger partial charge in [-0.05, 0) is 56.0 Å². The van der Waals surface area contributed by atoms with Crippen molar-refractivity contribution in [3.8, 4) is 0 Å². The van der Waals surface area contributed by atoms with E-state index in [0.29, 0.717) is 30.9 Å². The molecule has 1 N–H and O–H groups in total. The van der Waals surface area contributed by atoms with Gasteiger partial charge >= 0.3 is 0 Å². The van der Waals surface area contributed by atoms with Gasteiger partial charge in [-0.3, -0.25) is 15.1 Å². The highest BCUT2D eigenvalue weighted by Gasteiger charge is 2.29. The molecule has 1 fully saturated rings. The van der Waals surface area contributed by atoms with Gasteiger partial charge < -0.3 is 4.90 Å². The molecule has 5 rings (SSSR count). The molecule has 1 saturated heterocycles. The van der Waals surface area contributed by atoms with Crippen molar-refractivity contribution in [2.45, 2.75) is 45.1 Å². The van der Waals surface area contributed by atoms with Gasteiger partial charge in [0.05, 0.1) is 28.4 Å². The van der Waals surface area contributed by atoms with E-state index in [-0.39, 0.29) is 17.4 Å². The van der Waals surface area contributed by atoms with Crippen molar-refractivity contribution < 1.29 is 18.4 Å². The molecule has 0 unspecified atom stereocenters. The van der Waals surface area contributed by atoms with Crippen LogP contribution in [0.25, 0.3) is 5.70 Å². The molecule has 2 aliphatic rings. The second kappa shape index (κ2) is 9.87. The summed E-state index contributed by atoms with van der Waals surface area (Å²) in [5, 5.41) is 2.93. The molecule has 3 aromatic rings. The number of aromatic nitrogens is 1. The van der Waals surface area contributed by atoms with Crippen molar-refractivity contribution in [2.24, 2.45) is 0 Å². The lowest BCUT2D eigenvalue weighted by atomic mass is 9.96. The van der Waals surface area contributed by atoms with E-state index in [1.54, 1.807) is 17.4 Å². The number of thiazole rings is 1. The van der Waals surface area contributed by atoms with E-state index in [1.165, 1.54) is 23.8 Å². The molecule has 35 heavy (non-hydrogen) atoms. The predicted octanol–water partition coefficient (Wildman–Crippen LogP) is 5.60. The fourth-order valence-corrected chi connectivity index (χ4v) is 5.64. The van der Waals surface area contributed by atoms with E-state index in [9.17, 15) is 13.6 Å². The van der Waals surface area contributed by atoms with Crippen LogP contribution in [-0.2, 0) is 16.1 Å². The zero-order valence-corrected chi connectivity index (χ0v) is 20.5. The van der Waals surface area contributed by atoms with E-state index in [1.807, 2.05) is 24.1 Å². The molecule has 2 aromatic carbocycles. The summed E-state index contributed by atoms with van der Waals surface area (Å²) < 4.78 is 28.2. The molecular weight excluding hydrogens is 468 g/mol. The van der Waals surface area contributed by atoms with Crippen LogP contribution in [0.3, 0.4) is 0 Å². The molecule has 0 spiro atoms. The van der Waals surface area contributed by atoms with Gasteiger partial charge in [0.25, 0.3) is 0 Å². The summed E-state index contributed by atoms with van der Waals surface area (Å²) in [6.45, 7) is 5.51. The lowest BCUT2D eigenvalue weighted by Gasteiger charge is -2.31. The maximum absolute atomic E-state index is 14.1. The highest BCUT2D eigenvalue weighted by molar-refractivity contribution is 7.09. The highest BCUT2D eigenvalue weighted by Crippen LogP contribution is 2.35. The smallest absolute Gasteiger partial charge is 0.227 e. The second-order valence-corrected chi connectivity index (χ2v) is 10.1. The molecule has 2 aliphatic heterocycles. The first-order chi connectivity index (χ1) is 16.9. The summed E-state index contributed by atoms with van der Waals surface area (Å²) in [6, 6.07) is 9.99. The number of piperidine rings is 1. The molecule has 0 aliphatic carbocycles. The number of aryl methyl sites for hydroxylation is 2. The Morgan fingerprint density at radius 3 is 2.66 bits per heavy atom. The minimum atomic E-state index is -0.859. The summed E-state index contributed by atoms with van der Waals surface area (Å²) in [5.41, 5.74) is 7.34. The first kappa shape index (κ1) is 23.6. The summed E-state index contributed by atoms with van der Waals surface area (Å²) in [7, 11) is 0. The molecule has 5 nitrogen and oxygen atoms in total. The van der Waals surface area contributed by atoms with Crippen molar-refractivity contribution in [1.82, 2.24) is 15.4 Å². The third-order valence-electron chi connectivity index (χ3n) is 6.74. The number of carbonyl (C=O) groups excluding carboxylic acids is 1. The van der Waals surface area contributed by atoms with Crippen molar-refractivity contribution in [2.75, 3.05) is 13.1 Å². The van der Waals surface area contributed by atoms with E-state index < -0.39 is 17.7 Å². The summed E-state index contributed by atoms with van der Waals surface area (Å²) in [6.07, 6.45) is 2.94. The minimum Gasteiger partial charge on any atom is -0.342 e. The van der Waals surface area contributed by atoms with Gasteiger partial charge in [0.15, 0.2) is 0 Å². The van der Waals surface area contributed by atoms with Gasteiger partial charge in [0, 0.05) is 24.4 Å². The van der Waals surface area contributed by atoms with Crippen molar-refractivity contribution in [3.05, 3.63) is 92.4 Å². The third kappa shape index (κ3) is 4.99. The number of nitrogens with zero attached hydrogens (tertiary/aromatic N) is 2. The topological polar surface area (TPSA) is 54.5 Å². The Morgan fingerprint density at radius 1 is 1.17 bits per heavy atom. The Bertz CT molecular complexity index is 1260. The van der Waals surface area contributed by atoms with Gasteiger partial charge in [0.1, 0.15) is 17.7 Å². The van der Waals surface area contributed by atoms with Crippen molar-refractivity contribution in [3.63, 3.8) is 0 Å². The number of hydroxylamine groups is 1. The molecule has 0 saturated carbocycles. The van der Waals surface area contributed by atoms with Crippen LogP contribution in [-0.4, -0.2) is 28.9 Å². The first-order valence-electron chi connectivity index (χ1n) is 11.8. The molecule has 0 radical (unpaired) electrons. The quantitative estimate of drug-likeness (QED) is 0.500. The predicted molar refractivity (Wildman–Crippen MR) is 132 cm³/mol. The number of rotatable bonds is 5. The van der Waals surface area contributed by atoms with Crippen molar-refractivity contribution >= 4 is 22.9 Å². The molecule has 3 heterocycles. The van der Waals surface area contributed by atoms with E-state index in [4.69, 9.17) is 9.82 Å². The van der Waals surface area contributed by atoms with Gasteiger partial charge in [0.2, 0.25) is 5.91 Å². The SMILES string of the molecule is Cc1ccc(C)c(CC(=O)N2CCC(c3nc(C4=C[C@H](c5c(F)cccc5F)ON4)cs3)CC2)c1. The average molecular weight is 496 g/mol. The van der Waals surface area contributed by atoms with Crippen LogP contribution in [0.4, 0.5) is 8.78 Å². The van der Waals surface area contributed by atoms with Crippen LogP contribution in [0, 0.1) is 25.5 Å². The van der Waals surface area contributed by atoms with Crippen LogP contribution < -0.4 is 5.48 Å². The van der Waals surface area contributed by atoms with Crippen LogP contribution >= 0.6 is 11.3 Å². The van der Waals surface area contributed by atoms with Gasteiger partial charge in [-0.1, -0.05) is 29.8 Å². The van der Waals surface area contributed by atoms with Crippen LogP contribution in [0.2, 0.25) is 0 Å². The summed E-state index contributed by atoms with van der Waals surface area (Å²) in [5.74, 6) is -0.846. The Kier molecular flexibility index (Phi) is 6.67. The largest absolute Gasteiger partial charge is 0.342 e. The zero-order valence-electron chi connectivity index (χ0n) is 19.7. The maximum atomic E-state index is 14.1. The lowest BCUT2D eigenvalue weighted by Crippen LogP contribution is -2.38. The van der Waals surface area contributed by atoms with Gasteiger partial charge in [-0.2, -0.15) is 0 Å². The number of benzene rings is 2. The fourth-order valence-electron chi connectivity index (χ4n) is 4.65. The van der Waals surface area contributed by atoms with Crippen LogP contribution in [0.1, 0.15) is 57.8 Å². The standard InChI is InChI=1S/C27H27F2N3O2S/c1-16-6-7-17(2)19(12-16)13-25(33)32-10-8-18(9-11-32)27-30-23(15-35-27)22-14-24(34-31-22)26-20(28)4-3-5-21(26)29/h3-7,12,14-15,18,24,31H,8-11,13H2,1-2H3/t24-/m1/s1. The molecule has 1 aromatic heterocycles.